The second-order valence-electron chi connectivity index (χ2n) is 3.62. The van der Waals surface area contributed by atoms with Crippen LogP contribution in [0.5, 0.6) is 0 Å². The zero-order chi connectivity index (χ0) is 13.3. The third kappa shape index (κ3) is 10.5. The van der Waals surface area contributed by atoms with E-state index in [0.29, 0.717) is 0 Å². The number of nitrogens with one attached hydrogen (secondary N) is 2. The van der Waals surface area contributed by atoms with Gasteiger partial charge >= 0.3 is 18.0 Å². The van der Waals surface area contributed by atoms with Crippen LogP contribution in [-0.4, -0.2) is 42.3 Å². The average Bonchev–Trinajstić information content (AvgIpc) is 2.15. The smallest absolute Gasteiger partial charge is 0.314 e. The van der Waals surface area contributed by atoms with Crippen LogP contribution in [0.4, 0.5) is 4.79 Å². The van der Waals surface area contributed by atoms with E-state index in [1.165, 1.54) is 0 Å². The van der Waals surface area contributed by atoms with Gasteiger partial charge in [0.2, 0.25) is 0 Å². The molecule has 0 rings (SSSR count). The molecule has 0 aliphatic carbocycles. The van der Waals surface area contributed by atoms with Gasteiger partial charge in [0.05, 0.1) is 18.9 Å². The molecule has 0 aromatic rings. The molecule has 3 N–H and O–H groups in total. The molecule has 17 heavy (non-hydrogen) atoms. The minimum atomic E-state index is -0.981. The van der Waals surface area contributed by atoms with Crippen LogP contribution in [0.25, 0.3) is 0 Å². The van der Waals surface area contributed by atoms with Crippen molar-refractivity contribution in [2.75, 3.05) is 13.1 Å². The zero-order valence-electron chi connectivity index (χ0n) is 9.99. The highest BCUT2D eigenvalue weighted by Crippen LogP contribution is 1.91. The Hall–Kier alpha value is -1.79. The van der Waals surface area contributed by atoms with Crippen molar-refractivity contribution in [3.8, 4) is 0 Å². The Morgan fingerprint density at radius 3 is 2.12 bits per heavy atom. The highest BCUT2D eigenvalue weighted by molar-refractivity contribution is 5.76. The summed E-state index contributed by atoms with van der Waals surface area (Å²) in [5.74, 6) is -1.36. The van der Waals surface area contributed by atoms with Gasteiger partial charge in [-0.05, 0) is 13.8 Å². The van der Waals surface area contributed by atoms with Gasteiger partial charge < -0.3 is 20.5 Å². The molecule has 0 unspecified atom stereocenters. The van der Waals surface area contributed by atoms with Crippen molar-refractivity contribution >= 4 is 18.0 Å². The standard InChI is InChI=1S/C10H18N2O5/c1-7(2)17-9(15)4-6-12-10(16)11-5-3-8(13)14/h7H,3-6H2,1-2H3,(H,13,14)(H2,11,12,16). The Balaban J connectivity index is 3.51. The number of carboxylic acid groups (broad SMARTS) is 1. The quantitative estimate of drug-likeness (QED) is 0.553. The summed E-state index contributed by atoms with van der Waals surface area (Å²) in [5.41, 5.74) is 0. The topological polar surface area (TPSA) is 105 Å². The fourth-order valence-electron chi connectivity index (χ4n) is 0.945. The fourth-order valence-corrected chi connectivity index (χ4v) is 0.945. The number of hydrogen-bond donors (Lipinski definition) is 3. The number of amides is 2. The molecule has 0 aromatic carbocycles. The van der Waals surface area contributed by atoms with Gasteiger partial charge in [0.15, 0.2) is 0 Å². The van der Waals surface area contributed by atoms with E-state index in [0.717, 1.165) is 0 Å². The highest BCUT2D eigenvalue weighted by Gasteiger charge is 2.06. The molecule has 0 aromatic heterocycles. The monoisotopic (exact) mass is 246 g/mol. The first-order chi connectivity index (χ1) is 7.91. The summed E-state index contributed by atoms with van der Waals surface area (Å²) in [4.78, 5) is 32.3. The summed E-state index contributed by atoms with van der Waals surface area (Å²) < 4.78 is 4.86. The van der Waals surface area contributed by atoms with Gasteiger partial charge in [-0.1, -0.05) is 0 Å². The Labute approximate surface area is 99.5 Å². The SMILES string of the molecule is CC(C)OC(=O)CCNC(=O)NCCC(=O)O. The van der Waals surface area contributed by atoms with Crippen molar-refractivity contribution in [2.45, 2.75) is 32.8 Å². The number of ether oxygens (including phenoxy) is 1. The van der Waals surface area contributed by atoms with Gasteiger partial charge in [0.25, 0.3) is 0 Å². The van der Waals surface area contributed by atoms with Crippen LogP contribution in [-0.2, 0) is 14.3 Å². The van der Waals surface area contributed by atoms with E-state index in [2.05, 4.69) is 10.6 Å². The maximum Gasteiger partial charge on any atom is 0.314 e. The van der Waals surface area contributed by atoms with E-state index in [-0.39, 0.29) is 38.0 Å². The van der Waals surface area contributed by atoms with Crippen LogP contribution in [0.1, 0.15) is 26.7 Å². The molecule has 0 saturated heterocycles. The minimum absolute atomic E-state index is 0.0532. The van der Waals surface area contributed by atoms with E-state index in [9.17, 15) is 14.4 Å². The number of esters is 1. The van der Waals surface area contributed by atoms with Crippen LogP contribution in [0.15, 0.2) is 0 Å². The van der Waals surface area contributed by atoms with Gasteiger partial charge in [-0.25, -0.2) is 4.79 Å². The summed E-state index contributed by atoms with van der Waals surface area (Å²) >= 11 is 0. The molecule has 0 aliphatic rings. The first kappa shape index (κ1) is 15.2. The number of carbonyl (C=O) groups is 3. The molecule has 7 heteroatoms. The fraction of sp³-hybridized carbons (Fsp3) is 0.700. The number of carbonyl (C=O) groups excluding carboxylic acids is 2. The zero-order valence-corrected chi connectivity index (χ0v) is 9.99. The van der Waals surface area contributed by atoms with Gasteiger partial charge in [-0.15, -0.1) is 0 Å². The van der Waals surface area contributed by atoms with E-state index < -0.39 is 12.0 Å². The maximum absolute atomic E-state index is 11.1. The molecule has 98 valence electrons. The molecule has 0 radical (unpaired) electrons. The predicted octanol–water partition coefficient (Wildman–Crippen LogP) is 0.102. The van der Waals surface area contributed by atoms with Crippen molar-refractivity contribution in [1.82, 2.24) is 10.6 Å². The summed E-state index contributed by atoms with van der Waals surface area (Å²) in [6, 6.07) is -0.497. The lowest BCUT2D eigenvalue weighted by atomic mass is 10.4. The summed E-state index contributed by atoms with van der Waals surface area (Å²) in [7, 11) is 0. The third-order valence-corrected chi connectivity index (χ3v) is 1.61. The lowest BCUT2D eigenvalue weighted by Crippen LogP contribution is -2.37. The highest BCUT2D eigenvalue weighted by atomic mass is 16.5. The summed E-state index contributed by atoms with van der Waals surface area (Å²) in [5, 5.41) is 13.1. The van der Waals surface area contributed by atoms with Crippen molar-refractivity contribution in [3.63, 3.8) is 0 Å². The van der Waals surface area contributed by atoms with Crippen LogP contribution in [0, 0.1) is 0 Å². The first-order valence-corrected chi connectivity index (χ1v) is 5.34. The minimum Gasteiger partial charge on any atom is -0.481 e. The molecule has 0 atom stereocenters. The first-order valence-electron chi connectivity index (χ1n) is 5.34. The Morgan fingerprint density at radius 1 is 1.12 bits per heavy atom. The summed E-state index contributed by atoms with van der Waals surface area (Å²) in [6.45, 7) is 3.69. The molecule has 7 nitrogen and oxygen atoms in total. The Morgan fingerprint density at radius 2 is 1.65 bits per heavy atom. The molecular formula is C10H18N2O5. The summed E-state index contributed by atoms with van der Waals surface area (Å²) in [6.07, 6.45) is -0.222. The number of carboxylic acids is 1. The van der Waals surface area contributed by atoms with Crippen LogP contribution >= 0.6 is 0 Å². The van der Waals surface area contributed by atoms with E-state index in [1.807, 2.05) is 0 Å². The lowest BCUT2D eigenvalue weighted by Gasteiger charge is -2.08. The predicted molar refractivity (Wildman–Crippen MR) is 59.5 cm³/mol. The number of aliphatic carboxylic acids is 1. The van der Waals surface area contributed by atoms with Gasteiger partial charge in [0, 0.05) is 13.1 Å². The van der Waals surface area contributed by atoms with E-state index in [4.69, 9.17) is 9.84 Å². The lowest BCUT2D eigenvalue weighted by molar-refractivity contribution is -0.147. The van der Waals surface area contributed by atoms with Gasteiger partial charge in [-0.2, -0.15) is 0 Å². The van der Waals surface area contributed by atoms with Crippen molar-refractivity contribution in [3.05, 3.63) is 0 Å². The number of urea groups is 1. The largest absolute Gasteiger partial charge is 0.481 e. The molecule has 0 fully saturated rings. The molecule has 0 bridgehead atoms. The van der Waals surface area contributed by atoms with E-state index >= 15 is 0 Å². The Bertz CT molecular complexity index is 278. The molecular weight excluding hydrogens is 228 g/mol. The average molecular weight is 246 g/mol. The molecule has 0 spiro atoms. The van der Waals surface area contributed by atoms with Crippen LogP contribution in [0.2, 0.25) is 0 Å². The number of rotatable bonds is 7. The second-order valence-corrected chi connectivity index (χ2v) is 3.62. The van der Waals surface area contributed by atoms with Crippen LogP contribution in [0.3, 0.4) is 0 Å². The van der Waals surface area contributed by atoms with Crippen LogP contribution < -0.4 is 10.6 Å². The van der Waals surface area contributed by atoms with Gasteiger partial charge in [0.1, 0.15) is 0 Å². The normalized spacial score (nSPS) is 9.82. The number of hydrogen-bond acceptors (Lipinski definition) is 4. The van der Waals surface area contributed by atoms with E-state index in [1.54, 1.807) is 13.8 Å². The Kier molecular flexibility index (Phi) is 7.49. The van der Waals surface area contributed by atoms with Crippen molar-refractivity contribution < 1.29 is 24.2 Å². The molecule has 2 amide bonds. The van der Waals surface area contributed by atoms with Gasteiger partial charge in [-0.3, -0.25) is 9.59 Å². The van der Waals surface area contributed by atoms with Crippen molar-refractivity contribution in [2.24, 2.45) is 0 Å². The molecule has 0 saturated carbocycles. The van der Waals surface area contributed by atoms with Crippen molar-refractivity contribution in [1.29, 1.82) is 0 Å². The third-order valence-electron chi connectivity index (χ3n) is 1.61. The maximum atomic E-state index is 11.1. The molecule has 0 heterocycles. The molecule has 0 aliphatic heterocycles. The second kappa shape index (κ2) is 8.37.